The zero-order chi connectivity index (χ0) is 26.5. The number of methoxy groups -OCH3 is 1. The molecule has 38 heavy (non-hydrogen) atoms. The van der Waals surface area contributed by atoms with Crippen LogP contribution in [0.1, 0.15) is 17.5 Å². The predicted octanol–water partition coefficient (Wildman–Crippen LogP) is 2.57. The Morgan fingerprint density at radius 3 is 2.68 bits per heavy atom. The van der Waals surface area contributed by atoms with E-state index in [1.165, 1.54) is 17.9 Å². The van der Waals surface area contributed by atoms with Crippen LogP contribution in [0.2, 0.25) is 0 Å². The summed E-state index contributed by atoms with van der Waals surface area (Å²) in [6.45, 7) is 0.789. The van der Waals surface area contributed by atoms with Gasteiger partial charge in [-0.05, 0) is 29.8 Å². The molecule has 3 heterocycles. The van der Waals surface area contributed by atoms with Gasteiger partial charge in [0.05, 0.1) is 43.4 Å². The summed E-state index contributed by atoms with van der Waals surface area (Å²) in [6.07, 6.45) is 3.53. The number of carbonyl (C=O) groups excluding carboxylic acids is 1. The number of hydrogen-bond donors (Lipinski definition) is 1. The summed E-state index contributed by atoms with van der Waals surface area (Å²) in [4.78, 5) is 33.1. The Morgan fingerprint density at radius 2 is 1.89 bits per heavy atom. The molecule has 0 saturated carbocycles. The van der Waals surface area contributed by atoms with Crippen LogP contribution >= 0.6 is 0 Å². The molecule has 1 saturated heterocycles. The molecule has 2 aromatic heterocycles. The van der Waals surface area contributed by atoms with Crippen molar-refractivity contribution in [1.82, 2.24) is 25.1 Å². The van der Waals surface area contributed by atoms with Gasteiger partial charge in [-0.3, -0.25) is 9.59 Å². The zero-order valence-electron chi connectivity index (χ0n) is 20.6. The molecule has 0 amide bonds. The summed E-state index contributed by atoms with van der Waals surface area (Å²) in [7, 11) is 1.36. The Morgan fingerprint density at radius 1 is 1.11 bits per heavy atom. The number of nitrogens with one attached hydrogen (secondary N) is 1. The summed E-state index contributed by atoms with van der Waals surface area (Å²) in [5.74, 6) is 0.716. The predicted molar refractivity (Wildman–Crippen MR) is 138 cm³/mol. The van der Waals surface area contributed by atoms with Gasteiger partial charge in [0.2, 0.25) is 0 Å². The molecule has 1 aliphatic rings. The number of benzene rings is 2. The molecule has 0 spiro atoms. The number of carbonyl (C=O) groups is 1. The van der Waals surface area contributed by atoms with Crippen LogP contribution in [-0.4, -0.2) is 51.5 Å². The largest absolute Gasteiger partial charge is 0.486 e. The van der Waals surface area contributed by atoms with Gasteiger partial charge < -0.3 is 14.8 Å². The maximum absolute atomic E-state index is 12.5. The molecule has 0 radical (unpaired) electrons. The average molecular weight is 509 g/mol. The van der Waals surface area contributed by atoms with Crippen LogP contribution in [0.4, 0.5) is 0 Å². The maximum Gasteiger partial charge on any atom is 0.323 e. The van der Waals surface area contributed by atoms with Crippen molar-refractivity contribution in [3.8, 4) is 34.5 Å². The highest BCUT2D eigenvalue weighted by Gasteiger charge is 2.31. The molecule has 2 aromatic carbocycles. The van der Waals surface area contributed by atoms with E-state index >= 15 is 0 Å². The fraction of sp³-hybridized carbons (Fsp3) is 0.214. The first-order chi connectivity index (χ1) is 18.5. The van der Waals surface area contributed by atoms with Gasteiger partial charge in [0.25, 0.3) is 5.56 Å². The van der Waals surface area contributed by atoms with Crippen LogP contribution in [0, 0.1) is 11.3 Å². The molecular formula is C28H24N6O4. The highest BCUT2D eigenvalue weighted by molar-refractivity contribution is 5.76. The van der Waals surface area contributed by atoms with E-state index in [4.69, 9.17) is 9.47 Å². The Bertz CT molecular complexity index is 1560. The molecule has 4 aromatic rings. The highest BCUT2D eigenvalue weighted by Crippen LogP contribution is 2.21. The number of rotatable bonds is 7. The van der Waals surface area contributed by atoms with E-state index in [2.05, 4.69) is 26.5 Å². The number of esters is 1. The quantitative estimate of drug-likeness (QED) is 0.374. The van der Waals surface area contributed by atoms with E-state index in [-0.39, 0.29) is 30.2 Å². The van der Waals surface area contributed by atoms with Crippen molar-refractivity contribution in [3.05, 3.63) is 94.5 Å². The van der Waals surface area contributed by atoms with Crippen LogP contribution < -0.4 is 15.6 Å². The normalized spacial score (nSPS) is 16.5. The zero-order valence-corrected chi connectivity index (χ0v) is 20.6. The first-order valence-electron chi connectivity index (χ1n) is 12.0. The first-order valence-corrected chi connectivity index (χ1v) is 12.0. The lowest BCUT2D eigenvalue weighted by atomic mass is 10.1. The average Bonchev–Trinajstić information content (AvgIpc) is 3.43. The van der Waals surface area contributed by atoms with Crippen LogP contribution in [0.25, 0.3) is 22.6 Å². The van der Waals surface area contributed by atoms with Crippen molar-refractivity contribution in [2.45, 2.75) is 25.1 Å². The summed E-state index contributed by atoms with van der Waals surface area (Å²) in [6, 6.07) is 19.5. The fourth-order valence-corrected chi connectivity index (χ4v) is 4.28. The number of aromatic nitrogens is 4. The van der Waals surface area contributed by atoms with Crippen molar-refractivity contribution in [2.75, 3.05) is 13.7 Å². The standard InChI is InChI=1S/C28H24N6O4/c1-37-28(36)25-12-22(14-30-25)38-23-15-31-27(32-16-23)21-7-3-5-19(11-21)17-34-26(35)9-8-24(33-34)20-6-2-4-18(10-20)13-29/h2-11,15-16,22,25,30H,12,14,17H2,1H3/t22-,25-/m0/s1. The van der Waals surface area contributed by atoms with E-state index in [0.29, 0.717) is 35.8 Å². The van der Waals surface area contributed by atoms with Crippen molar-refractivity contribution < 1.29 is 14.3 Å². The van der Waals surface area contributed by atoms with E-state index in [1.54, 1.807) is 36.7 Å². The second-order valence-electron chi connectivity index (χ2n) is 8.81. The van der Waals surface area contributed by atoms with Crippen LogP contribution in [-0.2, 0) is 16.1 Å². The van der Waals surface area contributed by atoms with Gasteiger partial charge in [-0.15, -0.1) is 0 Å². The lowest BCUT2D eigenvalue weighted by molar-refractivity contribution is -0.142. The third-order valence-corrected chi connectivity index (χ3v) is 6.18. The topological polar surface area (TPSA) is 132 Å². The molecule has 10 nitrogen and oxygen atoms in total. The highest BCUT2D eigenvalue weighted by atomic mass is 16.5. The molecule has 1 aliphatic heterocycles. The van der Waals surface area contributed by atoms with E-state index < -0.39 is 0 Å². The molecule has 0 unspecified atom stereocenters. The van der Waals surface area contributed by atoms with E-state index in [9.17, 15) is 14.9 Å². The lowest BCUT2D eigenvalue weighted by Crippen LogP contribution is -2.31. The number of hydrogen-bond acceptors (Lipinski definition) is 9. The lowest BCUT2D eigenvalue weighted by Gasteiger charge is -2.12. The Kier molecular flexibility index (Phi) is 7.19. The van der Waals surface area contributed by atoms with Gasteiger partial charge in [-0.2, -0.15) is 10.4 Å². The van der Waals surface area contributed by atoms with Crippen molar-refractivity contribution in [3.63, 3.8) is 0 Å². The summed E-state index contributed by atoms with van der Waals surface area (Å²) in [5.41, 5.74) is 3.30. The third-order valence-electron chi connectivity index (χ3n) is 6.18. The minimum absolute atomic E-state index is 0.180. The van der Waals surface area contributed by atoms with Crippen molar-refractivity contribution >= 4 is 5.97 Å². The number of ether oxygens (including phenoxy) is 2. The van der Waals surface area contributed by atoms with Crippen LogP contribution in [0.15, 0.2) is 77.9 Å². The Balaban J connectivity index is 1.29. The molecule has 0 aliphatic carbocycles. The summed E-state index contributed by atoms with van der Waals surface area (Å²) in [5, 5.41) is 16.8. The fourth-order valence-electron chi connectivity index (χ4n) is 4.28. The Hall–Kier alpha value is -4.88. The van der Waals surface area contributed by atoms with Gasteiger partial charge in [-0.25, -0.2) is 14.6 Å². The minimum Gasteiger partial charge on any atom is -0.486 e. The van der Waals surface area contributed by atoms with Gasteiger partial charge in [0.1, 0.15) is 12.1 Å². The van der Waals surface area contributed by atoms with Crippen LogP contribution in [0.5, 0.6) is 5.75 Å². The number of nitriles is 1. The van der Waals surface area contributed by atoms with Gasteiger partial charge in [0, 0.05) is 30.2 Å². The molecule has 10 heteroatoms. The van der Waals surface area contributed by atoms with Gasteiger partial charge >= 0.3 is 5.97 Å². The summed E-state index contributed by atoms with van der Waals surface area (Å²) >= 11 is 0. The Labute approximate surface area is 218 Å². The molecule has 1 fully saturated rings. The second kappa shape index (κ2) is 11.0. The SMILES string of the molecule is COC(=O)[C@@H]1C[C@H](Oc2cnc(-c3cccc(Cn4nc(-c5cccc(C#N)c5)ccc4=O)c3)nc2)CN1. The minimum atomic E-state index is -0.377. The number of nitrogens with zero attached hydrogens (tertiary/aromatic N) is 5. The monoisotopic (exact) mass is 508 g/mol. The maximum atomic E-state index is 12.5. The molecular weight excluding hydrogens is 484 g/mol. The van der Waals surface area contributed by atoms with E-state index in [1.807, 2.05) is 30.3 Å². The molecule has 5 rings (SSSR count). The van der Waals surface area contributed by atoms with Crippen molar-refractivity contribution in [1.29, 1.82) is 5.26 Å². The molecule has 2 atom stereocenters. The first kappa shape index (κ1) is 24.8. The molecule has 1 N–H and O–H groups in total. The van der Waals surface area contributed by atoms with E-state index in [0.717, 1.165) is 16.7 Å². The smallest absolute Gasteiger partial charge is 0.323 e. The molecule has 0 bridgehead atoms. The second-order valence-corrected chi connectivity index (χ2v) is 8.81. The van der Waals surface area contributed by atoms with Crippen molar-refractivity contribution in [2.24, 2.45) is 0 Å². The summed E-state index contributed by atoms with van der Waals surface area (Å²) < 4.78 is 12.1. The van der Waals surface area contributed by atoms with Gasteiger partial charge in [0.15, 0.2) is 11.6 Å². The van der Waals surface area contributed by atoms with Crippen LogP contribution in [0.3, 0.4) is 0 Å². The third kappa shape index (κ3) is 5.58. The molecule has 190 valence electrons. The van der Waals surface area contributed by atoms with Gasteiger partial charge in [-0.1, -0.05) is 30.3 Å².